The smallest absolute Gasteiger partial charge is 0.188 e. The molecular formula is C8H7BrCl2O2. The molecule has 1 rings (SSSR count). The lowest BCUT2D eigenvalue weighted by Crippen LogP contribution is -1.99. The van der Waals surface area contributed by atoms with Gasteiger partial charge in [0.15, 0.2) is 6.79 Å². The first kappa shape index (κ1) is 11.1. The predicted molar refractivity (Wildman–Crippen MR) is 56.7 cm³/mol. The number of ether oxygens (including phenoxy) is 2. The maximum absolute atomic E-state index is 5.85. The van der Waals surface area contributed by atoms with Crippen molar-refractivity contribution in [2.45, 2.75) is 0 Å². The van der Waals surface area contributed by atoms with Crippen LogP contribution in [0.1, 0.15) is 0 Å². The van der Waals surface area contributed by atoms with Crippen molar-refractivity contribution in [3.8, 4) is 5.75 Å². The van der Waals surface area contributed by atoms with Gasteiger partial charge in [0.1, 0.15) is 5.75 Å². The van der Waals surface area contributed by atoms with Gasteiger partial charge in [-0.2, -0.15) is 0 Å². The molecule has 0 radical (unpaired) electrons. The van der Waals surface area contributed by atoms with Crippen molar-refractivity contribution < 1.29 is 9.47 Å². The number of hydrogen-bond acceptors (Lipinski definition) is 2. The fourth-order valence-electron chi connectivity index (χ4n) is 0.737. The maximum Gasteiger partial charge on any atom is 0.188 e. The number of methoxy groups -OCH3 is 1. The third kappa shape index (κ3) is 3.02. The molecule has 0 heterocycles. The molecule has 13 heavy (non-hydrogen) atoms. The third-order valence-corrected chi connectivity index (χ3v) is 2.80. The standard InChI is InChI=1S/C8H7BrCl2O2/c1-12-4-13-8-2-5(9)6(10)3-7(8)11/h2-3H,4H2,1H3. The highest BCUT2D eigenvalue weighted by Crippen LogP contribution is 2.33. The summed E-state index contributed by atoms with van der Waals surface area (Å²) >= 11 is 14.9. The molecule has 0 saturated carbocycles. The fourth-order valence-corrected chi connectivity index (χ4v) is 1.50. The van der Waals surface area contributed by atoms with Gasteiger partial charge < -0.3 is 9.47 Å². The van der Waals surface area contributed by atoms with E-state index in [1.807, 2.05) is 0 Å². The Morgan fingerprint density at radius 1 is 1.31 bits per heavy atom. The SMILES string of the molecule is COCOc1cc(Br)c(Cl)cc1Cl. The molecule has 0 aliphatic heterocycles. The van der Waals surface area contributed by atoms with E-state index in [9.17, 15) is 0 Å². The second kappa shape index (κ2) is 5.05. The number of hydrogen-bond donors (Lipinski definition) is 0. The highest BCUT2D eigenvalue weighted by Gasteiger charge is 2.05. The molecule has 0 N–H and O–H groups in total. The average molecular weight is 286 g/mol. The van der Waals surface area contributed by atoms with Crippen LogP contribution in [0.4, 0.5) is 0 Å². The maximum atomic E-state index is 5.85. The average Bonchev–Trinajstić information content (AvgIpc) is 2.09. The Morgan fingerprint density at radius 3 is 2.62 bits per heavy atom. The molecule has 0 aliphatic rings. The molecule has 0 atom stereocenters. The number of rotatable bonds is 3. The van der Waals surface area contributed by atoms with Crippen LogP contribution >= 0.6 is 39.1 Å². The van der Waals surface area contributed by atoms with Gasteiger partial charge in [0, 0.05) is 11.6 Å². The Hall–Kier alpha value is 0.0400. The van der Waals surface area contributed by atoms with Crippen molar-refractivity contribution in [2.75, 3.05) is 13.9 Å². The van der Waals surface area contributed by atoms with Crippen LogP contribution in [0.25, 0.3) is 0 Å². The number of benzene rings is 1. The van der Waals surface area contributed by atoms with E-state index in [1.54, 1.807) is 19.2 Å². The van der Waals surface area contributed by atoms with Crippen molar-refractivity contribution in [2.24, 2.45) is 0 Å². The topological polar surface area (TPSA) is 18.5 Å². The summed E-state index contributed by atoms with van der Waals surface area (Å²) in [5.41, 5.74) is 0. The van der Waals surface area contributed by atoms with Crippen LogP contribution in [-0.4, -0.2) is 13.9 Å². The summed E-state index contributed by atoms with van der Waals surface area (Å²) in [5, 5.41) is 1.01. The third-order valence-electron chi connectivity index (χ3n) is 1.31. The zero-order valence-electron chi connectivity index (χ0n) is 6.81. The second-order valence-electron chi connectivity index (χ2n) is 2.25. The van der Waals surface area contributed by atoms with Gasteiger partial charge in [-0.15, -0.1) is 0 Å². The molecule has 0 fully saturated rings. The molecule has 0 amide bonds. The molecule has 1 aromatic rings. The highest BCUT2D eigenvalue weighted by atomic mass is 79.9. The molecule has 0 aliphatic carbocycles. The van der Waals surface area contributed by atoms with E-state index >= 15 is 0 Å². The largest absolute Gasteiger partial charge is 0.466 e. The van der Waals surface area contributed by atoms with Crippen LogP contribution in [0.15, 0.2) is 16.6 Å². The minimum atomic E-state index is 0.161. The minimum absolute atomic E-state index is 0.161. The zero-order valence-corrected chi connectivity index (χ0v) is 9.91. The van der Waals surface area contributed by atoms with E-state index in [1.165, 1.54) is 0 Å². The van der Waals surface area contributed by atoms with Crippen molar-refractivity contribution in [1.82, 2.24) is 0 Å². The summed E-state index contributed by atoms with van der Waals surface area (Å²) < 4.78 is 10.7. The summed E-state index contributed by atoms with van der Waals surface area (Å²) in [7, 11) is 1.54. The summed E-state index contributed by atoms with van der Waals surface area (Å²) in [4.78, 5) is 0. The van der Waals surface area contributed by atoms with E-state index in [4.69, 9.17) is 32.7 Å². The fraction of sp³-hybridized carbons (Fsp3) is 0.250. The van der Waals surface area contributed by atoms with Gasteiger partial charge in [-0.1, -0.05) is 23.2 Å². The van der Waals surface area contributed by atoms with E-state index in [0.717, 1.165) is 4.47 Å². The highest BCUT2D eigenvalue weighted by molar-refractivity contribution is 9.10. The molecule has 0 aromatic heterocycles. The molecule has 2 nitrogen and oxygen atoms in total. The van der Waals surface area contributed by atoms with E-state index < -0.39 is 0 Å². The summed E-state index contributed by atoms with van der Waals surface area (Å²) in [6.45, 7) is 0.161. The summed E-state index contributed by atoms with van der Waals surface area (Å²) in [6, 6.07) is 3.31. The second-order valence-corrected chi connectivity index (χ2v) is 3.92. The molecule has 5 heteroatoms. The first-order chi connectivity index (χ1) is 6.15. The quantitative estimate of drug-likeness (QED) is 0.622. The minimum Gasteiger partial charge on any atom is -0.466 e. The first-order valence-corrected chi connectivity index (χ1v) is 4.96. The van der Waals surface area contributed by atoms with Gasteiger partial charge >= 0.3 is 0 Å². The lowest BCUT2D eigenvalue weighted by atomic mass is 10.3. The van der Waals surface area contributed by atoms with Gasteiger partial charge in [-0.3, -0.25) is 0 Å². The molecule has 1 aromatic carbocycles. The lowest BCUT2D eigenvalue weighted by molar-refractivity contribution is 0.0511. The molecule has 72 valence electrons. The van der Waals surface area contributed by atoms with Crippen LogP contribution in [0.3, 0.4) is 0 Å². The van der Waals surface area contributed by atoms with Crippen molar-refractivity contribution in [3.63, 3.8) is 0 Å². The number of halogens is 3. The van der Waals surface area contributed by atoms with E-state index in [-0.39, 0.29) is 6.79 Å². The summed E-state index contributed by atoms with van der Waals surface area (Å²) in [5.74, 6) is 0.541. The Bertz CT molecular complexity index is 304. The molecule has 0 saturated heterocycles. The van der Waals surface area contributed by atoms with Crippen LogP contribution in [0.2, 0.25) is 10.0 Å². The van der Waals surface area contributed by atoms with Crippen LogP contribution in [0.5, 0.6) is 5.75 Å². The Kier molecular flexibility index (Phi) is 4.32. The predicted octanol–water partition coefficient (Wildman–Crippen LogP) is 3.74. The van der Waals surface area contributed by atoms with E-state index in [0.29, 0.717) is 15.8 Å². The first-order valence-electron chi connectivity index (χ1n) is 3.41. The van der Waals surface area contributed by atoms with Crippen molar-refractivity contribution >= 4 is 39.1 Å². The van der Waals surface area contributed by atoms with Gasteiger partial charge in [-0.25, -0.2) is 0 Å². The molecule has 0 spiro atoms. The van der Waals surface area contributed by atoms with Gasteiger partial charge in [0.05, 0.1) is 10.0 Å². The van der Waals surface area contributed by atoms with Crippen molar-refractivity contribution in [3.05, 3.63) is 26.7 Å². The molecular weight excluding hydrogens is 279 g/mol. The Labute approximate surface area is 94.9 Å². The lowest BCUT2D eigenvalue weighted by Gasteiger charge is -2.07. The van der Waals surface area contributed by atoms with Crippen LogP contribution < -0.4 is 4.74 Å². The van der Waals surface area contributed by atoms with Crippen LogP contribution in [-0.2, 0) is 4.74 Å². The Morgan fingerprint density at radius 2 is 2.00 bits per heavy atom. The van der Waals surface area contributed by atoms with Gasteiger partial charge in [0.25, 0.3) is 0 Å². The molecule has 0 bridgehead atoms. The summed E-state index contributed by atoms with van der Waals surface area (Å²) in [6.07, 6.45) is 0. The monoisotopic (exact) mass is 284 g/mol. The Balaban J connectivity index is 2.88. The molecule has 0 unspecified atom stereocenters. The van der Waals surface area contributed by atoms with E-state index in [2.05, 4.69) is 15.9 Å². The normalized spacial score (nSPS) is 10.2. The van der Waals surface area contributed by atoms with Crippen LogP contribution in [0, 0.1) is 0 Å². The van der Waals surface area contributed by atoms with Crippen molar-refractivity contribution in [1.29, 1.82) is 0 Å². The van der Waals surface area contributed by atoms with Gasteiger partial charge in [-0.05, 0) is 28.1 Å². The zero-order chi connectivity index (χ0) is 9.84. The van der Waals surface area contributed by atoms with Gasteiger partial charge in [0.2, 0.25) is 0 Å².